The molecular weight excluding hydrogens is 397 g/mol. The lowest BCUT2D eigenvalue weighted by atomic mass is 10.3. The molecule has 0 aliphatic carbocycles. The Morgan fingerprint density at radius 3 is 2.62 bits per heavy atom. The number of non-ortho nitro benzene ring substituents is 1. The van der Waals surface area contributed by atoms with Crippen molar-refractivity contribution in [1.29, 1.82) is 0 Å². The van der Waals surface area contributed by atoms with Crippen molar-refractivity contribution in [3.63, 3.8) is 0 Å². The maximum Gasteiger partial charge on any atom is 0.270 e. The van der Waals surface area contributed by atoms with Crippen LogP contribution in [0.5, 0.6) is 0 Å². The lowest BCUT2D eigenvalue weighted by molar-refractivity contribution is -0.384. The number of fused-ring (bicyclic) bond motifs is 1. The summed E-state index contributed by atoms with van der Waals surface area (Å²) in [6.07, 6.45) is 0. The fraction of sp³-hybridized carbons (Fsp3) is 0. The molecule has 0 saturated heterocycles. The standard InChI is InChI=1S/C13H7Cl2N3O4S2/c14-7-1-3-9(15)12(5-7)24(21,22)17-13-16-10-4-2-8(18(19)20)6-11(10)23-13/h1-6H,(H,16,17). The van der Waals surface area contributed by atoms with Gasteiger partial charge in [-0.2, -0.15) is 0 Å². The van der Waals surface area contributed by atoms with Crippen LogP contribution >= 0.6 is 34.5 Å². The molecule has 0 fully saturated rings. The fourth-order valence-corrected chi connectivity index (χ4v) is 4.82. The van der Waals surface area contributed by atoms with Gasteiger partial charge in [-0.3, -0.25) is 14.8 Å². The van der Waals surface area contributed by atoms with Gasteiger partial charge in [-0.05, 0) is 24.3 Å². The van der Waals surface area contributed by atoms with Gasteiger partial charge in [-0.25, -0.2) is 13.4 Å². The second kappa shape index (κ2) is 6.17. The molecule has 124 valence electrons. The van der Waals surface area contributed by atoms with Crippen LogP contribution in [0.15, 0.2) is 41.3 Å². The Kier molecular flexibility index (Phi) is 4.35. The molecule has 3 aromatic rings. The van der Waals surface area contributed by atoms with Gasteiger partial charge in [0.15, 0.2) is 5.13 Å². The number of rotatable bonds is 4. The van der Waals surface area contributed by atoms with Crippen molar-refractivity contribution in [2.45, 2.75) is 4.90 Å². The Morgan fingerprint density at radius 2 is 1.92 bits per heavy atom. The number of halogens is 2. The third-order valence-electron chi connectivity index (χ3n) is 2.99. The van der Waals surface area contributed by atoms with E-state index in [2.05, 4.69) is 9.71 Å². The number of aromatic nitrogens is 1. The summed E-state index contributed by atoms with van der Waals surface area (Å²) in [5.74, 6) is 0. The molecule has 0 unspecified atom stereocenters. The second-order valence-electron chi connectivity index (χ2n) is 4.61. The van der Waals surface area contributed by atoms with Gasteiger partial charge in [0.1, 0.15) is 4.90 Å². The molecule has 0 aliphatic heterocycles. The zero-order valence-corrected chi connectivity index (χ0v) is 14.7. The van der Waals surface area contributed by atoms with Crippen molar-refractivity contribution in [1.82, 2.24) is 4.98 Å². The lowest BCUT2D eigenvalue weighted by Gasteiger charge is -2.07. The van der Waals surface area contributed by atoms with Crippen molar-refractivity contribution in [3.05, 3.63) is 56.6 Å². The van der Waals surface area contributed by atoms with Crippen molar-refractivity contribution in [2.24, 2.45) is 0 Å². The number of nitro benzene ring substituents is 1. The highest BCUT2D eigenvalue weighted by Gasteiger charge is 2.21. The van der Waals surface area contributed by atoms with E-state index in [1.165, 1.54) is 36.4 Å². The first-order valence-corrected chi connectivity index (χ1v) is 9.35. The first kappa shape index (κ1) is 16.9. The number of hydrogen-bond acceptors (Lipinski definition) is 6. The first-order chi connectivity index (χ1) is 11.3. The summed E-state index contributed by atoms with van der Waals surface area (Å²) < 4.78 is 27.7. The normalized spacial score (nSPS) is 11.6. The van der Waals surface area contributed by atoms with Crippen molar-refractivity contribution in [3.8, 4) is 0 Å². The second-order valence-corrected chi connectivity index (χ2v) is 8.13. The van der Waals surface area contributed by atoms with E-state index in [-0.39, 0.29) is 25.8 Å². The number of nitrogens with one attached hydrogen (secondary N) is 1. The number of anilines is 1. The highest BCUT2D eigenvalue weighted by molar-refractivity contribution is 7.93. The molecule has 1 heterocycles. The smallest absolute Gasteiger partial charge is 0.258 e. The number of hydrogen-bond donors (Lipinski definition) is 1. The van der Waals surface area contributed by atoms with Crippen LogP contribution in [0.3, 0.4) is 0 Å². The van der Waals surface area contributed by atoms with Crippen LogP contribution in [-0.2, 0) is 10.0 Å². The van der Waals surface area contributed by atoms with E-state index in [9.17, 15) is 18.5 Å². The number of nitro groups is 1. The van der Waals surface area contributed by atoms with E-state index in [0.717, 1.165) is 11.3 Å². The van der Waals surface area contributed by atoms with E-state index >= 15 is 0 Å². The van der Waals surface area contributed by atoms with Crippen LogP contribution in [0.4, 0.5) is 10.8 Å². The molecule has 0 saturated carbocycles. The van der Waals surface area contributed by atoms with Gasteiger partial charge >= 0.3 is 0 Å². The summed E-state index contributed by atoms with van der Waals surface area (Å²) >= 11 is 12.7. The topological polar surface area (TPSA) is 102 Å². The fourth-order valence-electron chi connectivity index (χ4n) is 1.92. The summed E-state index contributed by atoms with van der Waals surface area (Å²) in [6, 6.07) is 8.16. The largest absolute Gasteiger partial charge is 0.270 e. The van der Waals surface area contributed by atoms with E-state index in [4.69, 9.17) is 23.2 Å². The SMILES string of the molecule is O=[N+]([O-])c1ccc2nc(NS(=O)(=O)c3cc(Cl)ccc3Cl)sc2c1. The predicted octanol–water partition coefficient (Wildman–Crippen LogP) is 4.31. The average Bonchev–Trinajstić information content (AvgIpc) is 2.89. The Morgan fingerprint density at radius 1 is 1.17 bits per heavy atom. The third-order valence-corrected chi connectivity index (χ3v) is 6.11. The molecule has 3 rings (SSSR count). The highest BCUT2D eigenvalue weighted by atomic mass is 35.5. The van der Waals surface area contributed by atoms with Crippen molar-refractivity contribution >= 4 is 65.6 Å². The molecule has 0 aliphatic rings. The van der Waals surface area contributed by atoms with Gasteiger partial charge in [0, 0.05) is 17.2 Å². The summed E-state index contributed by atoms with van der Waals surface area (Å²) in [5.41, 5.74) is 0.346. The van der Waals surface area contributed by atoms with E-state index < -0.39 is 14.9 Å². The third kappa shape index (κ3) is 3.29. The molecule has 24 heavy (non-hydrogen) atoms. The van der Waals surface area contributed by atoms with Crippen molar-refractivity contribution < 1.29 is 13.3 Å². The molecule has 1 aromatic heterocycles. The van der Waals surface area contributed by atoms with Crippen LogP contribution in [0.25, 0.3) is 10.2 Å². The van der Waals surface area contributed by atoms with Crippen molar-refractivity contribution in [2.75, 3.05) is 4.72 Å². The molecule has 11 heteroatoms. The Hall–Kier alpha value is -1.94. The molecule has 1 N–H and O–H groups in total. The zero-order chi connectivity index (χ0) is 17.5. The molecular formula is C13H7Cl2N3O4S2. The van der Waals surface area contributed by atoms with E-state index in [1.54, 1.807) is 0 Å². The van der Waals surface area contributed by atoms with E-state index in [0.29, 0.717) is 10.2 Å². The molecule has 0 atom stereocenters. The Bertz CT molecular complexity index is 1070. The Labute approximate surface area is 150 Å². The number of sulfonamides is 1. The average molecular weight is 404 g/mol. The molecule has 0 bridgehead atoms. The maximum atomic E-state index is 12.4. The molecule has 2 aromatic carbocycles. The molecule has 0 spiro atoms. The summed E-state index contributed by atoms with van der Waals surface area (Å²) in [5, 5.41) is 11.1. The maximum absolute atomic E-state index is 12.4. The van der Waals surface area contributed by atoms with Crippen LogP contribution < -0.4 is 4.72 Å². The summed E-state index contributed by atoms with van der Waals surface area (Å²) in [4.78, 5) is 14.2. The monoisotopic (exact) mass is 403 g/mol. The molecule has 7 nitrogen and oxygen atoms in total. The lowest BCUT2D eigenvalue weighted by Crippen LogP contribution is -2.13. The van der Waals surface area contributed by atoms with Gasteiger partial charge < -0.3 is 0 Å². The van der Waals surface area contributed by atoms with Crippen LogP contribution in [0, 0.1) is 10.1 Å². The van der Waals surface area contributed by atoms with Gasteiger partial charge in [0.2, 0.25) is 0 Å². The Balaban J connectivity index is 1.99. The van der Waals surface area contributed by atoms with Crippen LogP contribution in [0.1, 0.15) is 0 Å². The zero-order valence-electron chi connectivity index (χ0n) is 11.6. The predicted molar refractivity (Wildman–Crippen MR) is 93.5 cm³/mol. The first-order valence-electron chi connectivity index (χ1n) is 6.29. The van der Waals surface area contributed by atoms with Gasteiger partial charge in [-0.15, -0.1) is 0 Å². The molecule has 0 radical (unpaired) electrons. The minimum atomic E-state index is -3.99. The summed E-state index contributed by atoms with van der Waals surface area (Å²) in [7, 11) is -3.99. The number of nitrogens with zero attached hydrogens (tertiary/aromatic N) is 2. The highest BCUT2D eigenvalue weighted by Crippen LogP contribution is 2.32. The minimum Gasteiger partial charge on any atom is -0.258 e. The van der Waals surface area contributed by atoms with Gasteiger partial charge in [0.25, 0.3) is 15.7 Å². The van der Waals surface area contributed by atoms with Crippen LogP contribution in [0.2, 0.25) is 10.0 Å². The molecule has 0 amide bonds. The van der Waals surface area contributed by atoms with E-state index in [1.807, 2.05) is 0 Å². The number of thiazole rings is 1. The van der Waals surface area contributed by atoms with Gasteiger partial charge in [-0.1, -0.05) is 34.5 Å². The van der Waals surface area contributed by atoms with Crippen LogP contribution in [-0.4, -0.2) is 18.3 Å². The number of benzene rings is 2. The quantitative estimate of drug-likeness (QED) is 0.516. The summed E-state index contributed by atoms with van der Waals surface area (Å²) in [6.45, 7) is 0. The van der Waals surface area contributed by atoms with Gasteiger partial charge in [0.05, 0.1) is 20.2 Å². The minimum absolute atomic E-state index is 0.0173.